The summed E-state index contributed by atoms with van der Waals surface area (Å²) in [5, 5.41) is 11.3. The number of halogens is 2. The molecule has 154 valence electrons. The van der Waals surface area contributed by atoms with E-state index in [1.807, 2.05) is 32.6 Å². The van der Waals surface area contributed by atoms with Crippen LogP contribution in [0.5, 0.6) is 0 Å². The van der Waals surface area contributed by atoms with Gasteiger partial charge in [0.05, 0.1) is 0 Å². The Labute approximate surface area is 174 Å². The third kappa shape index (κ3) is 5.99. The third-order valence-corrected chi connectivity index (χ3v) is 6.26. The molecule has 2 unspecified atom stereocenters. The van der Waals surface area contributed by atoms with Crippen LogP contribution in [-0.4, -0.2) is 36.9 Å². The Morgan fingerprint density at radius 3 is 2.57 bits per heavy atom. The van der Waals surface area contributed by atoms with E-state index in [9.17, 15) is 14.0 Å². The van der Waals surface area contributed by atoms with Crippen LogP contribution in [0.4, 0.5) is 9.18 Å². The largest absolute Gasteiger partial charge is 0.465 e. The number of hydrogen-bond donors (Lipinski definition) is 2. The molecule has 0 saturated heterocycles. The van der Waals surface area contributed by atoms with Crippen LogP contribution in [0.2, 0.25) is 19.6 Å². The molecular weight excluding hydrogens is 445 g/mol. The monoisotopic (exact) mass is 471 g/mol. The Balaban J connectivity index is 2.28. The lowest BCUT2D eigenvalue weighted by Crippen LogP contribution is -2.49. The zero-order valence-electron chi connectivity index (χ0n) is 16.6. The van der Waals surface area contributed by atoms with Crippen molar-refractivity contribution < 1.29 is 23.5 Å². The molecule has 2 atom stereocenters. The Bertz CT molecular complexity index is 793. The quantitative estimate of drug-likeness (QED) is 0.311. The Morgan fingerprint density at radius 2 is 2.07 bits per heavy atom. The van der Waals surface area contributed by atoms with Crippen LogP contribution in [-0.2, 0) is 4.43 Å². The predicted molar refractivity (Wildman–Crippen MR) is 113 cm³/mol. The first-order valence-electron chi connectivity index (χ1n) is 9.29. The van der Waals surface area contributed by atoms with Gasteiger partial charge in [-0.15, -0.1) is 0 Å². The minimum atomic E-state index is -2.05. The fourth-order valence-corrected chi connectivity index (χ4v) is 5.55. The second-order valence-electron chi connectivity index (χ2n) is 8.28. The summed E-state index contributed by atoms with van der Waals surface area (Å²) in [4.78, 5) is 24.2. The Kier molecular flexibility index (Phi) is 7.22. The molecule has 0 heterocycles. The first-order valence-corrected chi connectivity index (χ1v) is 13.5. The van der Waals surface area contributed by atoms with Crippen LogP contribution in [0.15, 0.2) is 34.3 Å². The van der Waals surface area contributed by atoms with E-state index in [4.69, 9.17) is 9.53 Å². The van der Waals surface area contributed by atoms with Gasteiger partial charge in [-0.05, 0) is 80.0 Å². The van der Waals surface area contributed by atoms with E-state index in [0.29, 0.717) is 35.7 Å². The fourth-order valence-electron chi connectivity index (χ4n) is 3.57. The molecule has 1 aliphatic rings. The lowest BCUT2D eigenvalue weighted by atomic mass is 9.79. The molecule has 0 aliphatic heterocycles. The number of ketones is 1. The van der Waals surface area contributed by atoms with Crippen molar-refractivity contribution in [2.24, 2.45) is 0 Å². The number of nitrogens with one attached hydrogen (secondary N) is 1. The maximum Gasteiger partial charge on any atom is 0.404 e. The summed E-state index contributed by atoms with van der Waals surface area (Å²) in [7, 11) is -2.05. The number of rotatable bonds is 7. The highest BCUT2D eigenvalue weighted by Gasteiger charge is 2.44. The van der Waals surface area contributed by atoms with Gasteiger partial charge in [-0.1, -0.05) is 11.6 Å². The normalized spacial score (nSPS) is 21.0. The number of carboxylic acid groups (broad SMARTS) is 1. The van der Waals surface area contributed by atoms with Gasteiger partial charge in [0.1, 0.15) is 11.4 Å². The maximum absolute atomic E-state index is 13.5. The van der Waals surface area contributed by atoms with Crippen LogP contribution in [0, 0.1) is 5.82 Å². The lowest BCUT2D eigenvalue weighted by molar-refractivity contribution is 0.0359. The van der Waals surface area contributed by atoms with E-state index in [-0.39, 0.29) is 11.8 Å². The Hall–Kier alpha value is -1.51. The lowest BCUT2D eigenvalue weighted by Gasteiger charge is -2.40. The van der Waals surface area contributed by atoms with Gasteiger partial charge < -0.3 is 14.8 Å². The van der Waals surface area contributed by atoms with Crippen molar-refractivity contribution in [3.05, 3.63) is 45.7 Å². The van der Waals surface area contributed by atoms with Crippen molar-refractivity contribution in [2.75, 3.05) is 0 Å². The summed E-state index contributed by atoms with van der Waals surface area (Å²) in [6.45, 7) is 7.94. The van der Waals surface area contributed by atoms with Crippen LogP contribution < -0.4 is 5.32 Å². The molecule has 1 aliphatic carbocycles. The van der Waals surface area contributed by atoms with Crippen LogP contribution in [0.25, 0.3) is 0 Å². The van der Waals surface area contributed by atoms with Crippen LogP contribution >= 0.6 is 15.9 Å². The smallest absolute Gasteiger partial charge is 0.404 e. The van der Waals surface area contributed by atoms with Crippen molar-refractivity contribution in [1.29, 1.82) is 0 Å². The first-order chi connectivity index (χ1) is 12.9. The van der Waals surface area contributed by atoms with Crippen molar-refractivity contribution >= 4 is 36.1 Å². The molecule has 0 spiro atoms. The van der Waals surface area contributed by atoms with Crippen LogP contribution in [0.3, 0.4) is 0 Å². The minimum absolute atomic E-state index is 0.145. The molecule has 1 aromatic rings. The average molecular weight is 472 g/mol. The molecule has 2 N–H and O–H groups in total. The van der Waals surface area contributed by atoms with Crippen molar-refractivity contribution in [3.8, 4) is 0 Å². The summed E-state index contributed by atoms with van der Waals surface area (Å²) >= 11 is 3.30. The number of Topliss-reactive ketones (excluding diaryl/α,β-unsaturated/α-hetero) is 1. The SMILES string of the molecule is CC(CC1=CCC(O[Si](C)(C)C)(C(=O)c2ccc(F)cc2Br)CC1)NC(=O)O. The van der Waals surface area contributed by atoms with Gasteiger partial charge in [-0.2, -0.15) is 0 Å². The van der Waals surface area contributed by atoms with Gasteiger partial charge in [0.15, 0.2) is 14.1 Å². The molecule has 8 heteroatoms. The molecule has 0 bridgehead atoms. The van der Waals surface area contributed by atoms with Crippen molar-refractivity contribution in [3.63, 3.8) is 0 Å². The van der Waals surface area contributed by atoms with Gasteiger partial charge in [0, 0.05) is 22.5 Å². The molecule has 0 fully saturated rings. The van der Waals surface area contributed by atoms with E-state index in [1.54, 1.807) is 0 Å². The standard InChI is InChI=1S/C20H27BrFNO4Si/c1-13(23-19(25)26)11-14-7-9-20(10-8-14,27-28(2,3)4)18(24)16-6-5-15(22)12-17(16)21/h5-7,12-13,23H,8-11H2,1-4H3,(H,25,26). The minimum Gasteiger partial charge on any atom is -0.465 e. The number of carbonyl (C=O) groups excluding carboxylic acids is 1. The molecule has 28 heavy (non-hydrogen) atoms. The number of benzene rings is 1. The molecular formula is C20H27BrFNO4Si. The van der Waals surface area contributed by atoms with E-state index in [2.05, 4.69) is 21.2 Å². The number of hydrogen-bond acceptors (Lipinski definition) is 3. The summed E-state index contributed by atoms with van der Waals surface area (Å²) in [6, 6.07) is 3.87. The van der Waals surface area contributed by atoms with Crippen molar-refractivity contribution in [1.82, 2.24) is 5.32 Å². The number of amides is 1. The van der Waals surface area contributed by atoms with Gasteiger partial charge in [-0.25, -0.2) is 9.18 Å². The van der Waals surface area contributed by atoms with Gasteiger partial charge in [0.25, 0.3) is 0 Å². The summed E-state index contributed by atoms with van der Waals surface area (Å²) in [5.41, 5.74) is 0.553. The maximum atomic E-state index is 13.5. The summed E-state index contributed by atoms with van der Waals surface area (Å²) in [5.74, 6) is -0.553. The van der Waals surface area contributed by atoms with Crippen molar-refractivity contribution in [2.45, 2.75) is 63.9 Å². The molecule has 0 saturated carbocycles. The average Bonchev–Trinajstić information content (AvgIpc) is 2.54. The van der Waals surface area contributed by atoms with Gasteiger partial charge in [-0.3, -0.25) is 4.79 Å². The topological polar surface area (TPSA) is 75.6 Å². The second-order valence-corrected chi connectivity index (χ2v) is 13.6. The molecule has 0 aromatic heterocycles. The highest BCUT2D eigenvalue weighted by Crippen LogP contribution is 2.38. The molecule has 0 radical (unpaired) electrons. The van der Waals surface area contributed by atoms with E-state index >= 15 is 0 Å². The van der Waals surface area contributed by atoms with Crippen LogP contribution in [0.1, 0.15) is 43.0 Å². The summed E-state index contributed by atoms with van der Waals surface area (Å²) in [6.07, 6.45) is 3.15. The van der Waals surface area contributed by atoms with Gasteiger partial charge in [0.2, 0.25) is 0 Å². The molecule has 5 nitrogen and oxygen atoms in total. The number of carbonyl (C=O) groups is 2. The molecule has 1 aromatic carbocycles. The zero-order valence-corrected chi connectivity index (χ0v) is 19.2. The van der Waals surface area contributed by atoms with Gasteiger partial charge >= 0.3 is 6.09 Å². The zero-order chi connectivity index (χ0) is 21.1. The molecule has 1 amide bonds. The summed E-state index contributed by atoms with van der Waals surface area (Å²) < 4.78 is 20.3. The van der Waals surface area contributed by atoms with E-state index in [0.717, 1.165) is 5.57 Å². The van der Waals surface area contributed by atoms with E-state index in [1.165, 1.54) is 18.2 Å². The fraction of sp³-hybridized carbons (Fsp3) is 0.500. The second kappa shape index (κ2) is 8.88. The first kappa shape index (κ1) is 22.8. The highest BCUT2D eigenvalue weighted by molar-refractivity contribution is 9.10. The Morgan fingerprint density at radius 1 is 1.39 bits per heavy atom. The molecule has 2 rings (SSSR count). The predicted octanol–water partition coefficient (Wildman–Crippen LogP) is 5.52. The third-order valence-electron chi connectivity index (χ3n) is 4.60. The van der Waals surface area contributed by atoms with E-state index < -0.39 is 25.8 Å². The highest BCUT2D eigenvalue weighted by atomic mass is 79.9.